The monoisotopic (exact) mass is 331 g/mol. The Hall–Kier alpha value is -1.58. The van der Waals surface area contributed by atoms with Crippen molar-refractivity contribution in [1.82, 2.24) is 4.31 Å². The number of nitrogens with zero attached hydrogens (tertiary/aromatic N) is 2. The number of halogens is 1. The molecule has 0 amide bonds. The lowest BCUT2D eigenvalue weighted by atomic mass is 9.93. The maximum Gasteiger partial charge on any atom is 0.292 e. The molecular formula is C13H18FN3O4S. The van der Waals surface area contributed by atoms with Gasteiger partial charge in [0.05, 0.1) is 4.92 Å². The number of nitro groups is 1. The van der Waals surface area contributed by atoms with E-state index >= 15 is 0 Å². The Morgan fingerprint density at radius 3 is 2.77 bits per heavy atom. The smallest absolute Gasteiger partial charge is 0.292 e. The zero-order valence-electron chi connectivity index (χ0n) is 12.1. The van der Waals surface area contributed by atoms with Crippen LogP contribution >= 0.6 is 0 Å². The lowest BCUT2D eigenvalue weighted by molar-refractivity contribution is -0.388. The Balaban J connectivity index is 2.45. The highest BCUT2D eigenvalue weighted by molar-refractivity contribution is 7.89. The van der Waals surface area contributed by atoms with Crippen LogP contribution < -0.4 is 5.73 Å². The van der Waals surface area contributed by atoms with E-state index in [-0.39, 0.29) is 25.0 Å². The number of hydrogen-bond acceptors (Lipinski definition) is 5. The molecule has 2 unspecified atom stereocenters. The highest BCUT2D eigenvalue weighted by Crippen LogP contribution is 2.32. The molecule has 1 aliphatic rings. The zero-order chi connectivity index (χ0) is 16.5. The van der Waals surface area contributed by atoms with Crippen molar-refractivity contribution in [3.8, 4) is 0 Å². The van der Waals surface area contributed by atoms with Crippen LogP contribution in [0, 0.1) is 21.8 Å². The zero-order valence-corrected chi connectivity index (χ0v) is 12.9. The van der Waals surface area contributed by atoms with E-state index in [1.807, 2.05) is 0 Å². The lowest BCUT2D eigenvalue weighted by Crippen LogP contribution is -2.45. The van der Waals surface area contributed by atoms with Gasteiger partial charge in [0.15, 0.2) is 4.90 Å². The van der Waals surface area contributed by atoms with Gasteiger partial charge in [-0.25, -0.2) is 12.8 Å². The molecule has 7 nitrogen and oxygen atoms in total. The van der Waals surface area contributed by atoms with Crippen LogP contribution in [0.3, 0.4) is 0 Å². The highest BCUT2D eigenvalue weighted by atomic mass is 32.2. The third-order valence-electron chi connectivity index (χ3n) is 3.90. The minimum absolute atomic E-state index is 0.0469. The molecule has 0 aromatic heterocycles. The summed E-state index contributed by atoms with van der Waals surface area (Å²) in [6, 6.07) is 2.82. The summed E-state index contributed by atoms with van der Waals surface area (Å²) < 4.78 is 40.4. The molecule has 1 saturated heterocycles. The third-order valence-corrected chi connectivity index (χ3v) is 5.84. The Labute approximate surface area is 128 Å². The van der Waals surface area contributed by atoms with E-state index in [1.54, 1.807) is 6.92 Å². The molecule has 1 heterocycles. The topological polar surface area (TPSA) is 107 Å². The van der Waals surface area contributed by atoms with E-state index in [0.717, 1.165) is 28.9 Å². The molecule has 122 valence electrons. The van der Waals surface area contributed by atoms with Crippen molar-refractivity contribution in [1.29, 1.82) is 0 Å². The molecule has 2 rings (SSSR count). The third kappa shape index (κ3) is 3.11. The minimum Gasteiger partial charge on any atom is -0.328 e. The predicted molar refractivity (Wildman–Crippen MR) is 78.2 cm³/mol. The normalized spacial score (nSPS) is 21.5. The summed E-state index contributed by atoms with van der Waals surface area (Å²) in [5.74, 6) is -1.16. The molecule has 9 heteroatoms. The van der Waals surface area contributed by atoms with E-state index in [9.17, 15) is 22.9 Å². The SMILES string of the molecule is CC(N)C1CCCN(S(=O)(=O)c2c(F)cccc2[N+](=O)[O-])C1. The van der Waals surface area contributed by atoms with Crippen LogP contribution in [-0.4, -0.2) is 36.8 Å². The van der Waals surface area contributed by atoms with Crippen molar-refractivity contribution in [3.63, 3.8) is 0 Å². The lowest BCUT2D eigenvalue weighted by Gasteiger charge is -2.33. The minimum atomic E-state index is -4.27. The summed E-state index contributed by atoms with van der Waals surface area (Å²) >= 11 is 0. The number of benzene rings is 1. The van der Waals surface area contributed by atoms with Crippen LogP contribution in [0.2, 0.25) is 0 Å². The Kier molecular flexibility index (Phi) is 4.78. The summed E-state index contributed by atoms with van der Waals surface area (Å²) in [6.07, 6.45) is 1.37. The summed E-state index contributed by atoms with van der Waals surface area (Å²) in [7, 11) is -4.27. The van der Waals surface area contributed by atoms with Gasteiger partial charge in [0.2, 0.25) is 0 Å². The van der Waals surface area contributed by atoms with Gasteiger partial charge in [-0.1, -0.05) is 6.07 Å². The van der Waals surface area contributed by atoms with Crippen LogP contribution in [0.1, 0.15) is 19.8 Å². The van der Waals surface area contributed by atoms with Crippen LogP contribution in [0.5, 0.6) is 0 Å². The van der Waals surface area contributed by atoms with Crippen molar-refractivity contribution < 1.29 is 17.7 Å². The fourth-order valence-electron chi connectivity index (χ4n) is 2.65. The van der Waals surface area contributed by atoms with Crippen LogP contribution in [-0.2, 0) is 10.0 Å². The molecule has 22 heavy (non-hydrogen) atoms. The quantitative estimate of drug-likeness (QED) is 0.664. The van der Waals surface area contributed by atoms with Crippen LogP contribution in [0.15, 0.2) is 23.1 Å². The first-order chi connectivity index (χ1) is 10.2. The van der Waals surface area contributed by atoms with E-state index in [0.29, 0.717) is 6.42 Å². The highest BCUT2D eigenvalue weighted by Gasteiger charge is 2.37. The first-order valence-electron chi connectivity index (χ1n) is 6.93. The molecule has 0 aliphatic carbocycles. The van der Waals surface area contributed by atoms with Crippen molar-refractivity contribution in [2.75, 3.05) is 13.1 Å². The molecular weight excluding hydrogens is 313 g/mol. The van der Waals surface area contributed by atoms with Gasteiger partial charge in [-0.3, -0.25) is 10.1 Å². The second-order valence-corrected chi connectivity index (χ2v) is 7.34. The van der Waals surface area contributed by atoms with E-state index < -0.39 is 31.3 Å². The van der Waals surface area contributed by atoms with E-state index in [4.69, 9.17) is 5.73 Å². The van der Waals surface area contributed by atoms with Gasteiger partial charge in [-0.05, 0) is 31.7 Å². The van der Waals surface area contributed by atoms with Crippen LogP contribution in [0.4, 0.5) is 10.1 Å². The Bertz CT molecular complexity index is 678. The van der Waals surface area contributed by atoms with Crippen molar-refractivity contribution in [2.45, 2.75) is 30.7 Å². The molecule has 2 atom stereocenters. The molecule has 1 fully saturated rings. The maximum absolute atomic E-state index is 14.0. The number of nitrogens with two attached hydrogens (primary N) is 1. The average molecular weight is 331 g/mol. The van der Waals surface area contributed by atoms with E-state index in [2.05, 4.69) is 0 Å². The standard InChI is InChI=1S/C13H18FN3O4S/c1-9(15)10-4-3-7-16(8-10)22(20,21)13-11(14)5-2-6-12(13)17(18)19/h2,5-6,9-10H,3-4,7-8,15H2,1H3. The Morgan fingerprint density at radius 2 is 2.18 bits per heavy atom. The Morgan fingerprint density at radius 1 is 1.50 bits per heavy atom. The number of piperidine rings is 1. The molecule has 0 saturated carbocycles. The number of hydrogen-bond donors (Lipinski definition) is 1. The van der Waals surface area contributed by atoms with Gasteiger partial charge in [0, 0.05) is 25.2 Å². The summed E-state index contributed by atoms with van der Waals surface area (Å²) in [5, 5.41) is 11.0. The van der Waals surface area contributed by atoms with Gasteiger partial charge in [-0.15, -0.1) is 0 Å². The second-order valence-electron chi connectivity index (χ2n) is 5.47. The number of nitro benzene ring substituents is 1. The van der Waals surface area contributed by atoms with Gasteiger partial charge in [0.25, 0.3) is 15.7 Å². The summed E-state index contributed by atoms with van der Waals surface area (Å²) in [4.78, 5) is 9.26. The summed E-state index contributed by atoms with van der Waals surface area (Å²) in [5.41, 5.74) is 5.07. The maximum atomic E-state index is 14.0. The number of rotatable bonds is 4. The summed E-state index contributed by atoms with van der Waals surface area (Å²) in [6.45, 7) is 2.13. The van der Waals surface area contributed by atoms with Crippen molar-refractivity contribution in [2.24, 2.45) is 11.7 Å². The molecule has 1 aromatic carbocycles. The molecule has 2 N–H and O–H groups in total. The molecule has 0 bridgehead atoms. The van der Waals surface area contributed by atoms with Gasteiger partial charge in [0.1, 0.15) is 5.82 Å². The van der Waals surface area contributed by atoms with Crippen molar-refractivity contribution in [3.05, 3.63) is 34.1 Å². The second kappa shape index (κ2) is 6.27. The van der Waals surface area contributed by atoms with E-state index in [1.165, 1.54) is 0 Å². The van der Waals surface area contributed by atoms with Gasteiger partial charge in [-0.2, -0.15) is 4.31 Å². The number of sulfonamides is 1. The fraction of sp³-hybridized carbons (Fsp3) is 0.538. The van der Waals surface area contributed by atoms with Crippen LogP contribution in [0.25, 0.3) is 0 Å². The van der Waals surface area contributed by atoms with Crippen molar-refractivity contribution >= 4 is 15.7 Å². The first kappa shape index (κ1) is 16.8. The fourth-order valence-corrected chi connectivity index (χ4v) is 4.38. The molecule has 0 spiro atoms. The molecule has 0 radical (unpaired) electrons. The largest absolute Gasteiger partial charge is 0.328 e. The van der Waals surface area contributed by atoms with Gasteiger partial charge < -0.3 is 5.73 Å². The van der Waals surface area contributed by atoms with Gasteiger partial charge >= 0.3 is 0 Å². The molecule has 1 aliphatic heterocycles. The predicted octanol–water partition coefficient (Wildman–Crippen LogP) is 1.48. The average Bonchev–Trinajstić information content (AvgIpc) is 2.46. The molecule has 1 aromatic rings. The first-order valence-corrected chi connectivity index (χ1v) is 8.37.